The molecule has 1 saturated heterocycles. The topological polar surface area (TPSA) is 105 Å². The Balaban J connectivity index is 1.60. The first-order valence-corrected chi connectivity index (χ1v) is 9.36. The van der Waals surface area contributed by atoms with Crippen molar-refractivity contribution in [1.29, 1.82) is 0 Å². The molecule has 4 rings (SSSR count). The van der Waals surface area contributed by atoms with Gasteiger partial charge >= 0.3 is 5.97 Å². The lowest BCUT2D eigenvalue weighted by Crippen LogP contribution is -2.52. The number of hydrogen-bond donors (Lipinski definition) is 2. The van der Waals surface area contributed by atoms with Crippen LogP contribution < -0.4 is 10.9 Å². The van der Waals surface area contributed by atoms with Gasteiger partial charge in [0.15, 0.2) is 0 Å². The first-order valence-electron chi connectivity index (χ1n) is 9.36. The number of nitrogens with zero attached hydrogens (tertiary/aromatic N) is 3. The Kier molecular flexibility index (Phi) is 4.95. The summed E-state index contributed by atoms with van der Waals surface area (Å²) in [5, 5.41) is 12.1. The summed E-state index contributed by atoms with van der Waals surface area (Å²) in [5.41, 5.74) is 1.35. The molecule has 0 saturated carbocycles. The molecule has 8 nitrogen and oxygen atoms in total. The number of nitrogens with one attached hydrogen (secondary N) is 1. The minimum absolute atomic E-state index is 0.0137. The lowest BCUT2D eigenvalue weighted by atomic mass is 9.78. The van der Waals surface area contributed by atoms with Crippen LogP contribution in [0.5, 0.6) is 0 Å². The summed E-state index contributed by atoms with van der Waals surface area (Å²) in [5.74, 6) is -0.844. The summed E-state index contributed by atoms with van der Waals surface area (Å²) in [6.45, 7) is 1.53. The van der Waals surface area contributed by atoms with Gasteiger partial charge < -0.3 is 15.0 Å². The summed E-state index contributed by atoms with van der Waals surface area (Å²) >= 11 is 0. The summed E-state index contributed by atoms with van der Waals surface area (Å²) in [7, 11) is 0. The van der Waals surface area contributed by atoms with E-state index >= 15 is 0 Å². The van der Waals surface area contributed by atoms with Crippen molar-refractivity contribution in [3.63, 3.8) is 0 Å². The normalized spacial score (nSPS) is 23.6. The van der Waals surface area contributed by atoms with Gasteiger partial charge in [-0.2, -0.15) is 0 Å². The zero-order valence-corrected chi connectivity index (χ0v) is 15.3. The van der Waals surface area contributed by atoms with Gasteiger partial charge in [-0.05, 0) is 30.5 Å². The highest BCUT2D eigenvalue weighted by Crippen LogP contribution is 2.40. The Morgan fingerprint density at radius 2 is 1.96 bits per heavy atom. The first-order chi connectivity index (χ1) is 13.5. The smallest absolute Gasteiger partial charge is 0.317 e. The van der Waals surface area contributed by atoms with Gasteiger partial charge in [-0.1, -0.05) is 6.07 Å². The minimum atomic E-state index is -0.854. The molecule has 1 amide bonds. The van der Waals surface area contributed by atoms with E-state index in [1.807, 2.05) is 11.0 Å². The van der Waals surface area contributed by atoms with Crippen LogP contribution in [0.25, 0.3) is 0 Å². The van der Waals surface area contributed by atoms with Crippen molar-refractivity contribution in [1.82, 2.24) is 19.8 Å². The van der Waals surface area contributed by atoms with E-state index in [1.54, 1.807) is 35.2 Å². The fourth-order valence-corrected chi connectivity index (χ4v) is 4.52. The molecular weight excluding hydrogens is 360 g/mol. The number of rotatable bonds is 5. The second kappa shape index (κ2) is 7.55. The van der Waals surface area contributed by atoms with Crippen molar-refractivity contribution in [2.45, 2.75) is 18.4 Å². The standard InChI is InChI=1S/C20H22N4O4/c25-18-3-1-2-16-14-8-15(11-23(10-14)12-19(26)27)17(24(16)18)9-22-20(28)13-4-6-21-7-5-13/h1-7,14-15,17H,8-12H2,(H,22,28)(H,26,27)/t14-,15+,17+/m1/s1. The number of fused-ring (bicyclic) bond motifs is 4. The van der Waals surface area contributed by atoms with Crippen LogP contribution in [-0.4, -0.2) is 57.6 Å². The van der Waals surface area contributed by atoms with Gasteiger partial charge in [0.25, 0.3) is 11.5 Å². The third-order valence-electron chi connectivity index (χ3n) is 5.65. The number of carbonyl (C=O) groups excluding carboxylic acids is 1. The Hall–Kier alpha value is -3.00. The van der Waals surface area contributed by atoms with E-state index in [0.717, 1.165) is 12.1 Å². The highest BCUT2D eigenvalue weighted by molar-refractivity contribution is 5.93. The van der Waals surface area contributed by atoms with Gasteiger partial charge in [-0.25, -0.2) is 0 Å². The zero-order valence-electron chi connectivity index (χ0n) is 15.3. The monoisotopic (exact) mass is 382 g/mol. The van der Waals surface area contributed by atoms with Crippen molar-refractivity contribution in [2.75, 3.05) is 26.2 Å². The number of pyridine rings is 2. The summed E-state index contributed by atoms with van der Waals surface area (Å²) in [6.07, 6.45) is 4.00. The molecule has 28 heavy (non-hydrogen) atoms. The number of aliphatic carboxylic acids is 1. The molecule has 0 aliphatic carbocycles. The first kappa shape index (κ1) is 18.4. The molecule has 2 aliphatic rings. The molecule has 1 fully saturated rings. The minimum Gasteiger partial charge on any atom is -0.480 e. The van der Waals surface area contributed by atoms with Gasteiger partial charge in [0, 0.05) is 55.3 Å². The maximum Gasteiger partial charge on any atom is 0.317 e. The van der Waals surface area contributed by atoms with Gasteiger partial charge in [0.1, 0.15) is 0 Å². The lowest BCUT2D eigenvalue weighted by Gasteiger charge is -2.46. The van der Waals surface area contributed by atoms with Gasteiger partial charge in [0.05, 0.1) is 12.6 Å². The number of carbonyl (C=O) groups is 2. The molecule has 0 aromatic carbocycles. The molecule has 2 aromatic heterocycles. The van der Waals surface area contributed by atoms with E-state index in [9.17, 15) is 19.5 Å². The van der Waals surface area contributed by atoms with Crippen LogP contribution in [-0.2, 0) is 4.79 Å². The largest absolute Gasteiger partial charge is 0.480 e. The van der Waals surface area contributed by atoms with Crippen LogP contribution in [0.3, 0.4) is 0 Å². The molecule has 3 atom stereocenters. The molecule has 2 aromatic rings. The van der Waals surface area contributed by atoms with Crippen LogP contribution in [0, 0.1) is 5.92 Å². The number of amides is 1. The Morgan fingerprint density at radius 3 is 2.71 bits per heavy atom. The molecule has 0 radical (unpaired) electrons. The molecule has 2 bridgehead atoms. The third-order valence-corrected chi connectivity index (χ3v) is 5.65. The van der Waals surface area contributed by atoms with Crippen LogP contribution >= 0.6 is 0 Å². The van der Waals surface area contributed by atoms with E-state index < -0.39 is 5.97 Å². The summed E-state index contributed by atoms with van der Waals surface area (Å²) < 4.78 is 1.80. The van der Waals surface area contributed by atoms with Crippen molar-refractivity contribution in [2.24, 2.45) is 5.92 Å². The predicted molar refractivity (Wildman–Crippen MR) is 101 cm³/mol. The van der Waals surface area contributed by atoms with Crippen molar-refractivity contribution >= 4 is 11.9 Å². The van der Waals surface area contributed by atoms with E-state index in [1.165, 1.54) is 6.07 Å². The van der Waals surface area contributed by atoms with Gasteiger partial charge in [-0.3, -0.25) is 24.3 Å². The van der Waals surface area contributed by atoms with Crippen molar-refractivity contribution in [3.05, 3.63) is 64.3 Å². The van der Waals surface area contributed by atoms with E-state index in [0.29, 0.717) is 25.2 Å². The molecule has 2 aliphatic heterocycles. The average molecular weight is 382 g/mol. The number of hydrogen-bond acceptors (Lipinski definition) is 5. The van der Waals surface area contributed by atoms with E-state index in [4.69, 9.17) is 0 Å². The number of likely N-dealkylation sites (tertiary alicyclic amines) is 1. The van der Waals surface area contributed by atoms with E-state index in [-0.39, 0.29) is 35.9 Å². The summed E-state index contributed by atoms with van der Waals surface area (Å²) in [4.78, 5) is 42.1. The number of carboxylic acids is 1. The second-order valence-electron chi connectivity index (χ2n) is 7.45. The molecule has 2 N–H and O–H groups in total. The molecule has 146 valence electrons. The van der Waals surface area contributed by atoms with Crippen LogP contribution in [0.15, 0.2) is 47.5 Å². The number of piperidine rings is 1. The Labute approximate surface area is 161 Å². The van der Waals surface area contributed by atoms with Gasteiger partial charge in [-0.15, -0.1) is 0 Å². The fraction of sp³-hybridized carbons (Fsp3) is 0.400. The highest BCUT2D eigenvalue weighted by Gasteiger charge is 2.40. The maximum absolute atomic E-state index is 12.6. The SMILES string of the molecule is O=C(O)CN1C[C@H]2C[C@@H](C1)[C@H](CNC(=O)c1ccncc1)n1c2cccc1=O. The second-order valence-corrected chi connectivity index (χ2v) is 7.45. The number of aromatic nitrogens is 2. The molecule has 4 heterocycles. The molecular formula is C20H22N4O4. The van der Waals surface area contributed by atoms with Crippen LogP contribution in [0.1, 0.15) is 34.4 Å². The molecule has 8 heteroatoms. The number of carboxylic acid groups (broad SMARTS) is 1. The van der Waals surface area contributed by atoms with Gasteiger partial charge in [0.2, 0.25) is 0 Å². The van der Waals surface area contributed by atoms with Crippen LogP contribution in [0.2, 0.25) is 0 Å². The van der Waals surface area contributed by atoms with E-state index in [2.05, 4.69) is 10.3 Å². The quantitative estimate of drug-likeness (QED) is 0.790. The van der Waals surface area contributed by atoms with Crippen molar-refractivity contribution < 1.29 is 14.7 Å². The maximum atomic E-state index is 12.6. The third kappa shape index (κ3) is 3.55. The lowest BCUT2D eigenvalue weighted by molar-refractivity contribution is -0.139. The zero-order chi connectivity index (χ0) is 19.7. The average Bonchev–Trinajstić information content (AvgIpc) is 2.68. The Morgan fingerprint density at radius 1 is 1.18 bits per heavy atom. The Bertz CT molecular complexity index is 943. The van der Waals surface area contributed by atoms with Crippen LogP contribution in [0.4, 0.5) is 0 Å². The molecule has 0 spiro atoms. The predicted octanol–water partition coefficient (Wildman–Crippen LogP) is 0.718. The summed E-state index contributed by atoms with van der Waals surface area (Å²) in [6, 6.07) is 8.30. The highest BCUT2D eigenvalue weighted by atomic mass is 16.4. The fourth-order valence-electron chi connectivity index (χ4n) is 4.52. The molecule has 0 unspecified atom stereocenters. The van der Waals surface area contributed by atoms with Crippen molar-refractivity contribution in [3.8, 4) is 0 Å².